The van der Waals surface area contributed by atoms with Crippen molar-refractivity contribution in [3.8, 4) is 11.5 Å². The van der Waals surface area contributed by atoms with E-state index in [4.69, 9.17) is 9.47 Å². The molecular weight excluding hydrogens is 469 g/mol. The highest BCUT2D eigenvalue weighted by Crippen LogP contribution is 2.34. The maximum atomic E-state index is 13.1. The molecule has 0 atom stereocenters. The van der Waals surface area contributed by atoms with Crippen molar-refractivity contribution in [2.24, 2.45) is 0 Å². The number of ether oxygens (including phenoxy) is 2. The molecule has 0 spiro atoms. The zero-order chi connectivity index (χ0) is 25.8. The van der Waals surface area contributed by atoms with Crippen LogP contribution in [0.3, 0.4) is 0 Å². The third-order valence-corrected chi connectivity index (χ3v) is 5.06. The lowest BCUT2D eigenvalue weighted by atomic mass is 10.1. The number of methoxy groups -OCH3 is 2. The van der Waals surface area contributed by atoms with E-state index in [1.165, 1.54) is 38.1 Å². The summed E-state index contributed by atoms with van der Waals surface area (Å²) in [6.45, 7) is 1.34. The van der Waals surface area contributed by atoms with Gasteiger partial charge in [0.2, 0.25) is 11.8 Å². The van der Waals surface area contributed by atoms with Crippen LogP contribution in [0.2, 0.25) is 0 Å². The van der Waals surface area contributed by atoms with Crippen molar-refractivity contribution in [1.82, 2.24) is 9.55 Å². The Labute approximate surface area is 197 Å². The van der Waals surface area contributed by atoms with Crippen LogP contribution in [0.25, 0.3) is 10.9 Å². The van der Waals surface area contributed by atoms with E-state index < -0.39 is 23.6 Å². The largest absolute Gasteiger partial charge is 0.493 e. The standard InChI is InChI=1S/C23H23F3N4O5/c1-13(31)28-16-7-6-14(23(24,25)26)9-18(16)29-21(32)5-4-8-30-12-27-17-11-20(35-3)19(34-2)10-15(17)22(30)33/h6-7,9-12H,4-5,8H2,1-3H3,(H,28,31)(H,29,32). The Kier molecular flexibility index (Phi) is 7.62. The van der Waals surface area contributed by atoms with Gasteiger partial charge in [0.1, 0.15) is 0 Å². The Morgan fingerprint density at radius 2 is 1.71 bits per heavy atom. The summed E-state index contributed by atoms with van der Waals surface area (Å²) in [6, 6.07) is 5.73. The predicted molar refractivity (Wildman–Crippen MR) is 123 cm³/mol. The smallest absolute Gasteiger partial charge is 0.416 e. The molecule has 1 heterocycles. The minimum absolute atomic E-state index is 0.0400. The molecule has 0 aliphatic rings. The highest BCUT2D eigenvalue weighted by Gasteiger charge is 2.31. The van der Waals surface area contributed by atoms with Crippen molar-refractivity contribution >= 4 is 34.1 Å². The maximum Gasteiger partial charge on any atom is 0.416 e. The van der Waals surface area contributed by atoms with Crippen molar-refractivity contribution in [3.05, 3.63) is 52.6 Å². The van der Waals surface area contributed by atoms with Gasteiger partial charge in [-0.15, -0.1) is 0 Å². The molecule has 0 aliphatic heterocycles. The molecule has 0 fully saturated rings. The van der Waals surface area contributed by atoms with E-state index in [-0.39, 0.29) is 36.3 Å². The number of carbonyl (C=O) groups excluding carboxylic acids is 2. The van der Waals surface area contributed by atoms with Crippen molar-refractivity contribution < 1.29 is 32.2 Å². The summed E-state index contributed by atoms with van der Waals surface area (Å²) in [5, 5.41) is 5.09. The molecule has 0 radical (unpaired) electrons. The van der Waals surface area contributed by atoms with Gasteiger partial charge in [0.05, 0.1) is 48.4 Å². The fourth-order valence-electron chi connectivity index (χ4n) is 3.39. The van der Waals surface area contributed by atoms with Gasteiger partial charge >= 0.3 is 6.18 Å². The van der Waals surface area contributed by atoms with Crippen LogP contribution in [-0.4, -0.2) is 35.6 Å². The van der Waals surface area contributed by atoms with Gasteiger partial charge in [-0.2, -0.15) is 13.2 Å². The van der Waals surface area contributed by atoms with Gasteiger partial charge in [-0.3, -0.25) is 19.0 Å². The predicted octanol–water partition coefficient (Wildman–Crippen LogP) is 3.81. The van der Waals surface area contributed by atoms with Crippen LogP contribution in [0, 0.1) is 0 Å². The van der Waals surface area contributed by atoms with E-state index >= 15 is 0 Å². The fraction of sp³-hybridized carbons (Fsp3) is 0.304. The van der Waals surface area contributed by atoms with E-state index in [1.807, 2.05) is 0 Å². The Hall–Kier alpha value is -4.09. The molecule has 9 nitrogen and oxygen atoms in total. The van der Waals surface area contributed by atoms with Gasteiger partial charge in [0, 0.05) is 26.0 Å². The number of hydrogen-bond acceptors (Lipinski definition) is 6. The molecule has 12 heteroatoms. The summed E-state index contributed by atoms with van der Waals surface area (Å²) in [6.07, 6.45) is -3.16. The quantitative estimate of drug-likeness (QED) is 0.495. The first-order valence-electron chi connectivity index (χ1n) is 10.4. The number of rotatable bonds is 8. The molecule has 0 bridgehead atoms. The van der Waals surface area contributed by atoms with Crippen LogP contribution in [0.1, 0.15) is 25.3 Å². The van der Waals surface area contributed by atoms with Gasteiger partial charge in [-0.05, 0) is 30.7 Å². The molecule has 0 saturated heterocycles. The SMILES string of the molecule is COc1cc2ncn(CCCC(=O)Nc3cc(C(F)(F)F)ccc3NC(C)=O)c(=O)c2cc1OC. The molecule has 2 amide bonds. The summed E-state index contributed by atoms with van der Waals surface area (Å²) < 4.78 is 51.0. The number of hydrogen-bond donors (Lipinski definition) is 2. The van der Waals surface area contributed by atoms with Crippen molar-refractivity contribution in [2.45, 2.75) is 32.5 Å². The van der Waals surface area contributed by atoms with Gasteiger partial charge in [0.25, 0.3) is 5.56 Å². The minimum atomic E-state index is -4.62. The molecule has 0 saturated carbocycles. The summed E-state index contributed by atoms with van der Waals surface area (Å²) in [5.41, 5.74) is -1.04. The molecule has 1 aromatic heterocycles. The topological polar surface area (TPSA) is 112 Å². The van der Waals surface area contributed by atoms with Crippen LogP contribution < -0.4 is 25.7 Å². The fourth-order valence-corrected chi connectivity index (χ4v) is 3.39. The highest BCUT2D eigenvalue weighted by molar-refractivity contribution is 5.99. The molecule has 186 valence electrons. The molecular formula is C23H23F3N4O5. The average Bonchev–Trinajstić information content (AvgIpc) is 2.80. The number of carbonyl (C=O) groups is 2. The second-order valence-electron chi connectivity index (χ2n) is 7.56. The van der Waals surface area contributed by atoms with Crippen molar-refractivity contribution in [1.29, 1.82) is 0 Å². The van der Waals surface area contributed by atoms with Gasteiger partial charge < -0.3 is 20.1 Å². The molecule has 3 rings (SSSR count). The Balaban J connectivity index is 1.72. The third-order valence-electron chi connectivity index (χ3n) is 5.06. The number of halogens is 3. The van der Waals surface area contributed by atoms with Crippen LogP contribution in [0.15, 0.2) is 41.5 Å². The Bertz CT molecular complexity index is 1320. The van der Waals surface area contributed by atoms with E-state index in [0.29, 0.717) is 22.4 Å². The first-order chi connectivity index (χ1) is 16.5. The first-order valence-corrected chi connectivity index (χ1v) is 10.4. The highest BCUT2D eigenvalue weighted by atomic mass is 19.4. The lowest BCUT2D eigenvalue weighted by Gasteiger charge is -2.15. The number of aromatic nitrogens is 2. The number of benzene rings is 2. The summed E-state index contributed by atoms with van der Waals surface area (Å²) >= 11 is 0. The summed E-state index contributed by atoms with van der Waals surface area (Å²) in [4.78, 5) is 40.8. The molecule has 0 unspecified atom stereocenters. The van der Waals surface area contributed by atoms with Gasteiger partial charge in [-0.1, -0.05) is 0 Å². The summed E-state index contributed by atoms with van der Waals surface area (Å²) in [5.74, 6) is -0.288. The number of alkyl halides is 3. The number of amides is 2. The van der Waals surface area contributed by atoms with Crippen LogP contribution in [0.5, 0.6) is 11.5 Å². The second-order valence-corrected chi connectivity index (χ2v) is 7.56. The molecule has 2 aromatic carbocycles. The lowest BCUT2D eigenvalue weighted by molar-refractivity contribution is -0.137. The number of anilines is 2. The minimum Gasteiger partial charge on any atom is -0.493 e. The lowest BCUT2D eigenvalue weighted by Crippen LogP contribution is -2.22. The second kappa shape index (κ2) is 10.5. The average molecular weight is 492 g/mol. The van der Waals surface area contributed by atoms with Crippen LogP contribution >= 0.6 is 0 Å². The number of aryl methyl sites for hydroxylation is 1. The number of nitrogens with zero attached hydrogens (tertiary/aromatic N) is 2. The summed E-state index contributed by atoms with van der Waals surface area (Å²) in [7, 11) is 2.91. The zero-order valence-corrected chi connectivity index (χ0v) is 19.2. The molecule has 3 aromatic rings. The Morgan fingerprint density at radius 3 is 2.34 bits per heavy atom. The molecule has 0 aliphatic carbocycles. The van der Waals surface area contributed by atoms with Crippen LogP contribution in [-0.2, 0) is 22.3 Å². The Morgan fingerprint density at radius 1 is 1.03 bits per heavy atom. The third kappa shape index (κ3) is 6.08. The molecule has 2 N–H and O–H groups in total. The number of fused-ring (bicyclic) bond motifs is 1. The monoisotopic (exact) mass is 492 g/mol. The zero-order valence-electron chi connectivity index (χ0n) is 19.2. The first kappa shape index (κ1) is 25.5. The van der Waals surface area contributed by atoms with Gasteiger partial charge in [0.15, 0.2) is 11.5 Å². The van der Waals surface area contributed by atoms with E-state index in [9.17, 15) is 27.6 Å². The van der Waals surface area contributed by atoms with Gasteiger partial charge in [-0.25, -0.2) is 4.98 Å². The van der Waals surface area contributed by atoms with Crippen molar-refractivity contribution in [3.63, 3.8) is 0 Å². The normalized spacial score (nSPS) is 11.3. The van der Waals surface area contributed by atoms with Crippen LogP contribution in [0.4, 0.5) is 24.5 Å². The number of nitrogens with one attached hydrogen (secondary N) is 2. The van der Waals surface area contributed by atoms with E-state index in [0.717, 1.165) is 18.2 Å². The molecule has 35 heavy (non-hydrogen) atoms. The van der Waals surface area contributed by atoms with Crippen molar-refractivity contribution in [2.75, 3.05) is 24.9 Å². The van der Waals surface area contributed by atoms with E-state index in [1.54, 1.807) is 6.07 Å². The maximum absolute atomic E-state index is 13.1. The van der Waals surface area contributed by atoms with E-state index in [2.05, 4.69) is 15.6 Å².